The van der Waals surface area contributed by atoms with Gasteiger partial charge in [0, 0.05) is 39.3 Å². The molecule has 24 heavy (non-hydrogen) atoms. The van der Waals surface area contributed by atoms with Crippen molar-refractivity contribution in [2.45, 2.75) is 52.0 Å². The predicted molar refractivity (Wildman–Crippen MR) is 93.8 cm³/mol. The Balaban J connectivity index is 1.74. The first-order valence-electron chi connectivity index (χ1n) is 9.31. The molecule has 2 saturated heterocycles. The third-order valence-corrected chi connectivity index (χ3v) is 5.21. The molecule has 0 spiro atoms. The first kappa shape index (κ1) is 19.0. The SMILES string of the molecule is COCCC(=O)N1CCC(NC(=O)N2CC[C@@H](C)C[C@H](C)C2)CC1. The number of carbonyl (C=O) groups excluding carboxylic acids is 2. The molecule has 2 aliphatic heterocycles. The van der Waals surface area contributed by atoms with Crippen LogP contribution in [-0.2, 0) is 9.53 Å². The maximum Gasteiger partial charge on any atom is 0.317 e. The fourth-order valence-electron chi connectivity index (χ4n) is 3.79. The summed E-state index contributed by atoms with van der Waals surface area (Å²) in [5.74, 6) is 1.41. The molecule has 0 unspecified atom stereocenters. The molecule has 3 amide bonds. The number of methoxy groups -OCH3 is 1. The van der Waals surface area contributed by atoms with Crippen molar-refractivity contribution in [2.75, 3.05) is 39.9 Å². The topological polar surface area (TPSA) is 61.9 Å². The summed E-state index contributed by atoms with van der Waals surface area (Å²) >= 11 is 0. The fourth-order valence-corrected chi connectivity index (χ4v) is 3.79. The Morgan fingerprint density at radius 1 is 1.04 bits per heavy atom. The Morgan fingerprint density at radius 3 is 2.38 bits per heavy atom. The molecule has 0 bridgehead atoms. The molecule has 2 rings (SSSR count). The van der Waals surface area contributed by atoms with Gasteiger partial charge in [0.25, 0.3) is 0 Å². The summed E-state index contributed by atoms with van der Waals surface area (Å²) in [7, 11) is 1.61. The van der Waals surface area contributed by atoms with E-state index in [0.717, 1.165) is 45.4 Å². The Labute approximate surface area is 145 Å². The maximum atomic E-state index is 12.5. The Bertz CT molecular complexity index is 422. The third-order valence-electron chi connectivity index (χ3n) is 5.21. The minimum Gasteiger partial charge on any atom is -0.384 e. The monoisotopic (exact) mass is 339 g/mol. The average Bonchev–Trinajstić information content (AvgIpc) is 2.73. The number of nitrogens with one attached hydrogen (secondary N) is 1. The molecule has 6 heteroatoms. The Hall–Kier alpha value is -1.30. The van der Waals surface area contributed by atoms with Crippen molar-refractivity contribution in [1.29, 1.82) is 0 Å². The lowest BCUT2D eigenvalue weighted by Crippen LogP contribution is -2.50. The van der Waals surface area contributed by atoms with E-state index in [4.69, 9.17) is 4.74 Å². The van der Waals surface area contributed by atoms with E-state index >= 15 is 0 Å². The van der Waals surface area contributed by atoms with Gasteiger partial charge in [0.2, 0.25) is 5.91 Å². The van der Waals surface area contributed by atoms with Crippen LogP contribution in [-0.4, -0.2) is 67.7 Å². The number of carbonyl (C=O) groups is 2. The number of likely N-dealkylation sites (tertiary alicyclic amines) is 2. The number of rotatable bonds is 4. The molecule has 0 aromatic carbocycles. The summed E-state index contributed by atoms with van der Waals surface area (Å²) < 4.78 is 4.96. The zero-order valence-electron chi connectivity index (χ0n) is 15.4. The van der Waals surface area contributed by atoms with Crippen LogP contribution in [0.1, 0.15) is 46.0 Å². The van der Waals surface area contributed by atoms with Gasteiger partial charge in [0.15, 0.2) is 0 Å². The summed E-state index contributed by atoms with van der Waals surface area (Å²) in [5.41, 5.74) is 0. The Morgan fingerprint density at radius 2 is 1.71 bits per heavy atom. The second kappa shape index (κ2) is 9.25. The van der Waals surface area contributed by atoms with Crippen LogP contribution in [0.3, 0.4) is 0 Å². The zero-order valence-corrected chi connectivity index (χ0v) is 15.4. The number of amides is 3. The highest BCUT2D eigenvalue weighted by atomic mass is 16.5. The van der Waals surface area contributed by atoms with Gasteiger partial charge < -0.3 is 19.9 Å². The normalized spacial score (nSPS) is 26.1. The molecule has 0 saturated carbocycles. The van der Waals surface area contributed by atoms with E-state index in [1.165, 1.54) is 6.42 Å². The second-order valence-corrected chi connectivity index (χ2v) is 7.53. The quantitative estimate of drug-likeness (QED) is 0.853. The smallest absolute Gasteiger partial charge is 0.317 e. The van der Waals surface area contributed by atoms with E-state index < -0.39 is 0 Å². The summed E-state index contributed by atoms with van der Waals surface area (Å²) in [6, 6.07) is 0.250. The van der Waals surface area contributed by atoms with Crippen LogP contribution in [0.4, 0.5) is 4.79 Å². The molecule has 6 nitrogen and oxygen atoms in total. The van der Waals surface area contributed by atoms with Gasteiger partial charge in [-0.15, -0.1) is 0 Å². The predicted octanol–water partition coefficient (Wildman–Crippen LogP) is 2.09. The van der Waals surface area contributed by atoms with E-state index in [0.29, 0.717) is 24.9 Å². The summed E-state index contributed by atoms with van der Waals surface area (Å²) in [4.78, 5) is 28.4. The average molecular weight is 339 g/mol. The minimum atomic E-state index is 0.0695. The fraction of sp³-hybridized carbons (Fsp3) is 0.889. The summed E-state index contributed by atoms with van der Waals surface area (Å²) in [6.07, 6.45) is 4.40. The lowest BCUT2D eigenvalue weighted by Gasteiger charge is -2.34. The van der Waals surface area contributed by atoms with Gasteiger partial charge in [-0.2, -0.15) is 0 Å². The number of hydrogen-bond donors (Lipinski definition) is 1. The van der Waals surface area contributed by atoms with E-state index in [1.54, 1.807) is 7.11 Å². The largest absolute Gasteiger partial charge is 0.384 e. The van der Waals surface area contributed by atoms with Crippen LogP contribution in [0.2, 0.25) is 0 Å². The molecular formula is C18H33N3O3. The van der Waals surface area contributed by atoms with Crippen molar-refractivity contribution >= 4 is 11.9 Å². The van der Waals surface area contributed by atoms with Crippen LogP contribution in [0.15, 0.2) is 0 Å². The van der Waals surface area contributed by atoms with Gasteiger partial charge in [-0.05, 0) is 37.5 Å². The van der Waals surface area contributed by atoms with Crippen LogP contribution in [0.5, 0.6) is 0 Å². The van der Waals surface area contributed by atoms with E-state index in [9.17, 15) is 9.59 Å². The van der Waals surface area contributed by atoms with Crippen molar-refractivity contribution in [2.24, 2.45) is 11.8 Å². The summed E-state index contributed by atoms with van der Waals surface area (Å²) in [6.45, 7) is 8.12. The van der Waals surface area contributed by atoms with Crippen LogP contribution < -0.4 is 5.32 Å². The van der Waals surface area contributed by atoms with E-state index in [2.05, 4.69) is 19.2 Å². The molecule has 2 fully saturated rings. The molecule has 2 atom stereocenters. The highest BCUT2D eigenvalue weighted by Crippen LogP contribution is 2.21. The van der Waals surface area contributed by atoms with Crippen LogP contribution in [0.25, 0.3) is 0 Å². The van der Waals surface area contributed by atoms with Crippen molar-refractivity contribution < 1.29 is 14.3 Å². The summed E-state index contributed by atoms with van der Waals surface area (Å²) in [5, 5.41) is 3.18. The van der Waals surface area contributed by atoms with Crippen molar-refractivity contribution in [1.82, 2.24) is 15.1 Å². The number of hydrogen-bond acceptors (Lipinski definition) is 3. The van der Waals surface area contributed by atoms with Gasteiger partial charge in [-0.3, -0.25) is 4.79 Å². The maximum absolute atomic E-state index is 12.5. The van der Waals surface area contributed by atoms with Gasteiger partial charge >= 0.3 is 6.03 Å². The van der Waals surface area contributed by atoms with Crippen molar-refractivity contribution in [3.05, 3.63) is 0 Å². The molecule has 1 N–H and O–H groups in total. The molecule has 2 aliphatic rings. The number of nitrogens with zero attached hydrogens (tertiary/aromatic N) is 2. The van der Waals surface area contributed by atoms with Crippen molar-refractivity contribution in [3.8, 4) is 0 Å². The Kier molecular flexibility index (Phi) is 7.34. The molecule has 2 heterocycles. The highest BCUT2D eigenvalue weighted by molar-refractivity contribution is 5.76. The standard InChI is InChI=1S/C18H33N3O3/c1-14-4-8-21(13-15(2)12-14)18(23)19-16-5-9-20(10-6-16)17(22)7-11-24-3/h14-16H,4-13H2,1-3H3,(H,19,23)/t14-,15+/m1/s1. The lowest BCUT2D eigenvalue weighted by molar-refractivity contribution is -0.133. The van der Waals surface area contributed by atoms with Gasteiger partial charge in [-0.25, -0.2) is 4.79 Å². The number of piperidine rings is 1. The molecule has 0 aliphatic carbocycles. The molecule has 0 radical (unpaired) electrons. The molecular weight excluding hydrogens is 306 g/mol. The lowest BCUT2D eigenvalue weighted by atomic mass is 9.97. The minimum absolute atomic E-state index is 0.0695. The number of ether oxygens (including phenoxy) is 1. The molecule has 138 valence electrons. The highest BCUT2D eigenvalue weighted by Gasteiger charge is 2.27. The van der Waals surface area contributed by atoms with Crippen LogP contribution >= 0.6 is 0 Å². The van der Waals surface area contributed by atoms with Crippen LogP contribution in [0, 0.1) is 11.8 Å². The molecule has 0 aromatic rings. The van der Waals surface area contributed by atoms with E-state index in [1.807, 2.05) is 9.80 Å². The van der Waals surface area contributed by atoms with Gasteiger partial charge in [0.05, 0.1) is 13.0 Å². The first-order valence-corrected chi connectivity index (χ1v) is 9.31. The number of urea groups is 1. The zero-order chi connectivity index (χ0) is 17.5. The van der Waals surface area contributed by atoms with Crippen molar-refractivity contribution in [3.63, 3.8) is 0 Å². The second-order valence-electron chi connectivity index (χ2n) is 7.53. The third kappa shape index (κ3) is 5.65. The van der Waals surface area contributed by atoms with E-state index in [-0.39, 0.29) is 18.0 Å². The van der Waals surface area contributed by atoms with Gasteiger partial charge in [0.1, 0.15) is 0 Å². The first-order chi connectivity index (χ1) is 11.5. The van der Waals surface area contributed by atoms with Gasteiger partial charge in [-0.1, -0.05) is 13.8 Å². The molecule has 0 aromatic heterocycles.